The highest BCUT2D eigenvalue weighted by Gasteiger charge is 1.96. The van der Waals surface area contributed by atoms with Gasteiger partial charge in [-0.05, 0) is 35.0 Å². The Balaban J connectivity index is 1.88. The van der Waals surface area contributed by atoms with Crippen LogP contribution in [0.3, 0.4) is 0 Å². The monoisotopic (exact) mass is 303 g/mol. The zero-order chi connectivity index (χ0) is 11.6. The molecule has 0 spiro atoms. The van der Waals surface area contributed by atoms with Crippen molar-refractivity contribution in [3.05, 3.63) is 20.8 Å². The molecule has 0 amide bonds. The van der Waals surface area contributed by atoms with E-state index in [9.17, 15) is 0 Å². The van der Waals surface area contributed by atoms with E-state index >= 15 is 0 Å². The summed E-state index contributed by atoms with van der Waals surface area (Å²) in [6, 6.07) is 2.19. The van der Waals surface area contributed by atoms with E-state index in [-0.39, 0.29) is 0 Å². The van der Waals surface area contributed by atoms with E-state index in [1.165, 1.54) is 47.9 Å². The number of thiophene rings is 1. The van der Waals surface area contributed by atoms with Gasteiger partial charge in [-0.3, -0.25) is 0 Å². The van der Waals surface area contributed by atoms with E-state index < -0.39 is 0 Å². The molecule has 0 radical (unpaired) electrons. The van der Waals surface area contributed by atoms with E-state index in [0.717, 1.165) is 13.1 Å². The van der Waals surface area contributed by atoms with Gasteiger partial charge in [0.25, 0.3) is 0 Å². The summed E-state index contributed by atoms with van der Waals surface area (Å²) in [6.45, 7) is 4.44. The van der Waals surface area contributed by atoms with Gasteiger partial charge >= 0.3 is 0 Å². The number of rotatable bonds is 9. The first-order valence-electron chi connectivity index (χ1n) is 6.26. The van der Waals surface area contributed by atoms with Gasteiger partial charge in [-0.15, -0.1) is 11.3 Å². The van der Waals surface area contributed by atoms with Crippen LogP contribution >= 0.6 is 27.3 Å². The highest BCUT2D eigenvalue weighted by molar-refractivity contribution is 9.10. The largest absolute Gasteiger partial charge is 0.312 e. The molecule has 0 saturated heterocycles. The molecule has 0 fully saturated rings. The summed E-state index contributed by atoms with van der Waals surface area (Å²) in [6.07, 6.45) is 8.24. The van der Waals surface area contributed by atoms with Crippen molar-refractivity contribution >= 4 is 27.3 Å². The molecule has 0 aliphatic heterocycles. The lowest BCUT2D eigenvalue weighted by Gasteiger charge is -2.03. The lowest BCUT2D eigenvalue weighted by atomic mass is 10.1. The molecule has 0 aliphatic carbocycles. The minimum absolute atomic E-state index is 1.02. The highest BCUT2D eigenvalue weighted by atomic mass is 79.9. The fourth-order valence-electron chi connectivity index (χ4n) is 1.69. The number of unbranched alkanes of at least 4 members (excludes halogenated alkanes) is 5. The van der Waals surface area contributed by atoms with Gasteiger partial charge in [-0.2, -0.15) is 0 Å². The summed E-state index contributed by atoms with van der Waals surface area (Å²) < 4.78 is 1.20. The Kier molecular flexibility index (Phi) is 8.17. The number of hydrogen-bond acceptors (Lipinski definition) is 2. The summed E-state index contributed by atoms with van der Waals surface area (Å²) in [5.41, 5.74) is 0. The Hall–Kier alpha value is 0.140. The lowest BCUT2D eigenvalue weighted by Crippen LogP contribution is -2.13. The molecule has 0 saturated carbocycles. The molecule has 1 rings (SSSR count). The fourth-order valence-corrected chi connectivity index (χ4v) is 3.11. The van der Waals surface area contributed by atoms with Crippen molar-refractivity contribution in [1.82, 2.24) is 5.32 Å². The van der Waals surface area contributed by atoms with Gasteiger partial charge in [0, 0.05) is 21.3 Å². The van der Waals surface area contributed by atoms with Gasteiger partial charge in [-0.1, -0.05) is 39.0 Å². The summed E-state index contributed by atoms with van der Waals surface area (Å²) in [5.74, 6) is 0. The molecule has 1 N–H and O–H groups in total. The van der Waals surface area contributed by atoms with Crippen molar-refractivity contribution in [1.29, 1.82) is 0 Å². The molecule has 0 atom stereocenters. The SMILES string of the molecule is CCCCCCCCNCc1cc(Br)cs1. The molecule has 16 heavy (non-hydrogen) atoms. The van der Waals surface area contributed by atoms with E-state index in [4.69, 9.17) is 0 Å². The zero-order valence-electron chi connectivity index (χ0n) is 10.1. The molecule has 92 valence electrons. The van der Waals surface area contributed by atoms with Crippen LogP contribution in [-0.2, 0) is 6.54 Å². The molecule has 3 heteroatoms. The second-order valence-electron chi connectivity index (χ2n) is 4.18. The van der Waals surface area contributed by atoms with Crippen LogP contribution in [-0.4, -0.2) is 6.54 Å². The molecule has 1 aromatic rings. The Morgan fingerprint density at radius 1 is 1.19 bits per heavy atom. The van der Waals surface area contributed by atoms with Crippen LogP contribution in [0.2, 0.25) is 0 Å². The molecule has 0 aliphatic rings. The molecule has 0 bridgehead atoms. The topological polar surface area (TPSA) is 12.0 Å². The van der Waals surface area contributed by atoms with Crippen molar-refractivity contribution in [2.45, 2.75) is 52.0 Å². The van der Waals surface area contributed by atoms with Crippen molar-refractivity contribution in [3.8, 4) is 0 Å². The summed E-state index contributed by atoms with van der Waals surface area (Å²) in [4.78, 5) is 1.41. The van der Waals surface area contributed by atoms with Crippen molar-refractivity contribution in [2.24, 2.45) is 0 Å². The molecule has 1 heterocycles. The van der Waals surface area contributed by atoms with E-state index in [1.54, 1.807) is 0 Å². The molecule has 1 nitrogen and oxygen atoms in total. The first kappa shape index (κ1) is 14.2. The number of nitrogens with one attached hydrogen (secondary N) is 1. The van der Waals surface area contributed by atoms with E-state index in [2.05, 4.69) is 39.6 Å². The van der Waals surface area contributed by atoms with Crippen LogP contribution in [0, 0.1) is 0 Å². The van der Waals surface area contributed by atoms with Crippen LogP contribution < -0.4 is 5.32 Å². The number of halogens is 1. The quantitative estimate of drug-likeness (QED) is 0.636. The third-order valence-electron chi connectivity index (χ3n) is 2.63. The van der Waals surface area contributed by atoms with Crippen LogP contribution in [0.25, 0.3) is 0 Å². The standard InChI is InChI=1S/C13H22BrNS/c1-2-3-4-5-6-7-8-15-10-13-9-12(14)11-16-13/h9,11,15H,2-8,10H2,1H3. The van der Waals surface area contributed by atoms with Crippen molar-refractivity contribution < 1.29 is 0 Å². The third kappa shape index (κ3) is 6.66. The molecular formula is C13H22BrNS. The second-order valence-corrected chi connectivity index (χ2v) is 6.09. The smallest absolute Gasteiger partial charge is 0.0300 e. The van der Waals surface area contributed by atoms with Gasteiger partial charge in [0.05, 0.1) is 0 Å². The minimum atomic E-state index is 1.02. The summed E-state index contributed by atoms with van der Waals surface area (Å²) >= 11 is 5.29. The van der Waals surface area contributed by atoms with E-state index in [1.807, 2.05) is 11.3 Å². The predicted octanol–water partition coefficient (Wildman–Crippen LogP) is 4.96. The zero-order valence-corrected chi connectivity index (χ0v) is 12.5. The predicted molar refractivity (Wildman–Crippen MR) is 77.1 cm³/mol. The van der Waals surface area contributed by atoms with Gasteiger partial charge in [0.2, 0.25) is 0 Å². The van der Waals surface area contributed by atoms with Gasteiger partial charge in [0.15, 0.2) is 0 Å². The molecule has 0 aromatic carbocycles. The van der Waals surface area contributed by atoms with Crippen molar-refractivity contribution in [3.63, 3.8) is 0 Å². The van der Waals surface area contributed by atoms with Crippen LogP contribution in [0.4, 0.5) is 0 Å². The highest BCUT2D eigenvalue weighted by Crippen LogP contribution is 2.19. The maximum atomic E-state index is 3.50. The van der Waals surface area contributed by atoms with Gasteiger partial charge in [0.1, 0.15) is 0 Å². The average Bonchev–Trinajstić information content (AvgIpc) is 2.68. The van der Waals surface area contributed by atoms with Crippen molar-refractivity contribution in [2.75, 3.05) is 6.54 Å². The van der Waals surface area contributed by atoms with Crippen LogP contribution in [0.1, 0.15) is 50.3 Å². The Morgan fingerprint density at radius 2 is 1.94 bits per heavy atom. The minimum Gasteiger partial charge on any atom is -0.312 e. The summed E-state index contributed by atoms with van der Waals surface area (Å²) in [5, 5.41) is 5.64. The average molecular weight is 304 g/mol. The van der Waals surface area contributed by atoms with Crippen LogP contribution in [0.5, 0.6) is 0 Å². The lowest BCUT2D eigenvalue weighted by molar-refractivity contribution is 0.573. The first-order valence-corrected chi connectivity index (χ1v) is 7.94. The second kappa shape index (κ2) is 9.20. The maximum absolute atomic E-state index is 3.50. The van der Waals surface area contributed by atoms with Crippen LogP contribution in [0.15, 0.2) is 15.9 Å². The molecule has 1 aromatic heterocycles. The fraction of sp³-hybridized carbons (Fsp3) is 0.692. The Morgan fingerprint density at radius 3 is 2.62 bits per heavy atom. The maximum Gasteiger partial charge on any atom is 0.0300 e. The molecule has 0 unspecified atom stereocenters. The van der Waals surface area contributed by atoms with Gasteiger partial charge in [-0.25, -0.2) is 0 Å². The normalized spacial score (nSPS) is 10.9. The Labute approximate surface area is 112 Å². The molecular weight excluding hydrogens is 282 g/mol. The third-order valence-corrected chi connectivity index (χ3v) is 4.33. The van der Waals surface area contributed by atoms with E-state index in [0.29, 0.717) is 0 Å². The summed E-state index contributed by atoms with van der Waals surface area (Å²) in [7, 11) is 0. The Bertz CT molecular complexity index is 273. The number of hydrogen-bond donors (Lipinski definition) is 1. The first-order chi connectivity index (χ1) is 7.83. The van der Waals surface area contributed by atoms with Gasteiger partial charge < -0.3 is 5.32 Å².